The average molecular weight is 239 g/mol. The van der Waals surface area contributed by atoms with Gasteiger partial charge in [-0.25, -0.2) is 4.98 Å². The largest absolute Gasteiger partial charge is 0.438 e. The molecule has 0 saturated carbocycles. The lowest BCUT2D eigenvalue weighted by atomic mass is 10.2. The Morgan fingerprint density at radius 3 is 3.06 bits per heavy atom. The lowest BCUT2D eigenvalue weighted by Crippen LogP contribution is -1.94. The van der Waals surface area contributed by atoms with Crippen LogP contribution in [0, 0.1) is 0 Å². The number of anilines is 1. The number of nitrogens with zero attached hydrogens (tertiary/aromatic N) is 1. The molecule has 16 heavy (non-hydrogen) atoms. The first kappa shape index (κ1) is 9.93. The van der Waals surface area contributed by atoms with Gasteiger partial charge in [0.1, 0.15) is 11.6 Å². The van der Waals surface area contributed by atoms with Crippen LogP contribution in [-0.4, -0.2) is 11.6 Å². The summed E-state index contributed by atoms with van der Waals surface area (Å²) in [6.07, 6.45) is 1.98. The summed E-state index contributed by atoms with van der Waals surface area (Å²) in [6.45, 7) is 0.770. The molecule has 1 aromatic carbocycles. The van der Waals surface area contributed by atoms with E-state index in [4.69, 9.17) is 26.5 Å². The van der Waals surface area contributed by atoms with Gasteiger partial charge in [0.2, 0.25) is 5.89 Å². The normalized spacial score (nSPS) is 20.7. The zero-order chi connectivity index (χ0) is 11.1. The predicted molar refractivity (Wildman–Crippen MR) is 61.4 cm³/mol. The van der Waals surface area contributed by atoms with Gasteiger partial charge in [-0.1, -0.05) is 11.6 Å². The van der Waals surface area contributed by atoms with E-state index in [0.29, 0.717) is 22.2 Å². The van der Waals surface area contributed by atoms with E-state index >= 15 is 0 Å². The minimum atomic E-state index is -0.0209. The van der Waals surface area contributed by atoms with Crippen molar-refractivity contribution >= 4 is 28.4 Å². The zero-order valence-electron chi connectivity index (χ0n) is 8.57. The molecule has 1 unspecified atom stereocenters. The molecule has 3 rings (SSSR count). The Labute approximate surface area is 97.3 Å². The van der Waals surface area contributed by atoms with Crippen molar-refractivity contribution in [2.75, 3.05) is 12.3 Å². The minimum Gasteiger partial charge on any atom is -0.438 e. The van der Waals surface area contributed by atoms with Crippen LogP contribution in [0.15, 0.2) is 16.5 Å². The van der Waals surface area contributed by atoms with Crippen LogP contribution in [0.2, 0.25) is 5.02 Å². The molecule has 2 heterocycles. The summed E-state index contributed by atoms with van der Waals surface area (Å²) in [5, 5.41) is 0.500. The van der Waals surface area contributed by atoms with Crippen molar-refractivity contribution < 1.29 is 9.15 Å². The van der Waals surface area contributed by atoms with E-state index < -0.39 is 0 Å². The second-order valence-electron chi connectivity index (χ2n) is 3.90. The number of nitrogens with two attached hydrogens (primary N) is 1. The summed E-state index contributed by atoms with van der Waals surface area (Å²) >= 11 is 5.92. The van der Waals surface area contributed by atoms with E-state index in [1.54, 1.807) is 12.1 Å². The van der Waals surface area contributed by atoms with Crippen LogP contribution in [0.4, 0.5) is 5.69 Å². The molecule has 1 saturated heterocycles. The monoisotopic (exact) mass is 238 g/mol. The Morgan fingerprint density at radius 1 is 1.44 bits per heavy atom. The van der Waals surface area contributed by atoms with Crippen LogP contribution >= 0.6 is 11.6 Å². The maximum absolute atomic E-state index is 5.92. The molecule has 5 heteroatoms. The molecule has 1 fully saturated rings. The Bertz CT molecular complexity index is 493. The number of nitrogen functional groups attached to an aromatic ring is 1. The number of hydrogen-bond acceptors (Lipinski definition) is 4. The highest BCUT2D eigenvalue weighted by Gasteiger charge is 2.23. The molecule has 0 amide bonds. The van der Waals surface area contributed by atoms with Gasteiger partial charge in [0.05, 0.1) is 10.7 Å². The molecule has 1 aliphatic heterocycles. The van der Waals surface area contributed by atoms with Gasteiger partial charge in [-0.2, -0.15) is 0 Å². The number of halogens is 1. The van der Waals surface area contributed by atoms with Gasteiger partial charge in [-0.3, -0.25) is 0 Å². The first-order valence-corrected chi connectivity index (χ1v) is 5.59. The van der Waals surface area contributed by atoms with Crippen molar-refractivity contribution in [3.63, 3.8) is 0 Å². The van der Waals surface area contributed by atoms with Gasteiger partial charge < -0.3 is 14.9 Å². The highest BCUT2D eigenvalue weighted by atomic mass is 35.5. The SMILES string of the molecule is Nc1cc2oc(C3CCCO3)nc2cc1Cl. The molecule has 0 radical (unpaired) electrons. The molecule has 0 spiro atoms. The molecular formula is C11H11ClN2O2. The van der Waals surface area contributed by atoms with Crippen molar-refractivity contribution in [3.05, 3.63) is 23.0 Å². The summed E-state index contributed by atoms with van der Waals surface area (Å²) in [4.78, 5) is 4.36. The van der Waals surface area contributed by atoms with E-state index in [9.17, 15) is 0 Å². The third-order valence-corrected chi connectivity index (χ3v) is 3.06. The van der Waals surface area contributed by atoms with Crippen molar-refractivity contribution in [3.8, 4) is 0 Å². The van der Waals surface area contributed by atoms with Crippen molar-refractivity contribution in [2.45, 2.75) is 18.9 Å². The fourth-order valence-electron chi connectivity index (χ4n) is 1.89. The third kappa shape index (κ3) is 1.54. The molecule has 1 aromatic heterocycles. The highest BCUT2D eigenvalue weighted by molar-refractivity contribution is 6.33. The molecule has 1 aliphatic rings. The Hall–Kier alpha value is -1.26. The fraction of sp³-hybridized carbons (Fsp3) is 0.364. The molecule has 84 valence electrons. The number of benzene rings is 1. The first-order valence-electron chi connectivity index (χ1n) is 5.21. The Kier molecular flexibility index (Phi) is 2.26. The second kappa shape index (κ2) is 3.64. The van der Waals surface area contributed by atoms with Crippen LogP contribution in [0.5, 0.6) is 0 Å². The van der Waals surface area contributed by atoms with E-state index in [1.165, 1.54) is 0 Å². The third-order valence-electron chi connectivity index (χ3n) is 2.73. The number of hydrogen-bond donors (Lipinski definition) is 1. The van der Waals surface area contributed by atoms with E-state index in [1.807, 2.05) is 0 Å². The smallest absolute Gasteiger partial charge is 0.224 e. The first-order chi connectivity index (χ1) is 7.74. The van der Waals surface area contributed by atoms with Gasteiger partial charge in [0, 0.05) is 12.7 Å². The minimum absolute atomic E-state index is 0.0209. The molecule has 2 aromatic rings. The molecular weight excluding hydrogens is 228 g/mol. The quantitative estimate of drug-likeness (QED) is 0.776. The molecule has 1 atom stereocenters. The molecule has 0 aliphatic carbocycles. The van der Waals surface area contributed by atoms with Crippen LogP contribution in [0.25, 0.3) is 11.1 Å². The molecule has 4 nitrogen and oxygen atoms in total. The van der Waals surface area contributed by atoms with Gasteiger partial charge >= 0.3 is 0 Å². The summed E-state index contributed by atoms with van der Waals surface area (Å²) in [6, 6.07) is 3.41. The van der Waals surface area contributed by atoms with Crippen molar-refractivity contribution in [1.82, 2.24) is 4.98 Å². The average Bonchev–Trinajstić information content (AvgIpc) is 2.86. The lowest BCUT2D eigenvalue weighted by molar-refractivity contribution is 0.0907. The van der Waals surface area contributed by atoms with E-state index in [-0.39, 0.29) is 6.10 Å². The number of aromatic nitrogens is 1. The van der Waals surface area contributed by atoms with Gasteiger partial charge in [0.25, 0.3) is 0 Å². The van der Waals surface area contributed by atoms with Gasteiger partial charge in [0.15, 0.2) is 5.58 Å². The Balaban J connectivity index is 2.08. The number of rotatable bonds is 1. The summed E-state index contributed by atoms with van der Waals surface area (Å²) in [5.74, 6) is 0.620. The number of fused-ring (bicyclic) bond motifs is 1. The van der Waals surface area contributed by atoms with Crippen LogP contribution < -0.4 is 5.73 Å². The van der Waals surface area contributed by atoms with E-state index in [0.717, 1.165) is 25.0 Å². The van der Waals surface area contributed by atoms with Crippen molar-refractivity contribution in [1.29, 1.82) is 0 Å². The maximum atomic E-state index is 5.92. The van der Waals surface area contributed by atoms with Crippen LogP contribution in [0.1, 0.15) is 24.8 Å². The van der Waals surface area contributed by atoms with Gasteiger partial charge in [-0.05, 0) is 18.9 Å². The van der Waals surface area contributed by atoms with Crippen LogP contribution in [0.3, 0.4) is 0 Å². The maximum Gasteiger partial charge on any atom is 0.224 e. The van der Waals surface area contributed by atoms with Crippen LogP contribution in [-0.2, 0) is 4.74 Å². The summed E-state index contributed by atoms with van der Waals surface area (Å²) in [5.41, 5.74) is 7.59. The van der Waals surface area contributed by atoms with Gasteiger partial charge in [-0.15, -0.1) is 0 Å². The predicted octanol–water partition coefficient (Wildman–Crippen LogP) is 2.91. The Morgan fingerprint density at radius 2 is 2.31 bits per heavy atom. The molecule has 2 N–H and O–H groups in total. The standard InChI is InChI=1S/C11H11ClN2O2/c12-6-4-8-10(5-7(6)13)16-11(14-8)9-2-1-3-15-9/h4-5,9H,1-3,13H2. The zero-order valence-corrected chi connectivity index (χ0v) is 9.33. The lowest BCUT2D eigenvalue weighted by Gasteiger charge is -2.01. The summed E-state index contributed by atoms with van der Waals surface area (Å²) < 4.78 is 11.1. The molecule has 0 bridgehead atoms. The topological polar surface area (TPSA) is 61.3 Å². The highest BCUT2D eigenvalue weighted by Crippen LogP contribution is 2.32. The second-order valence-corrected chi connectivity index (χ2v) is 4.30. The fourth-order valence-corrected chi connectivity index (χ4v) is 2.05. The summed E-state index contributed by atoms with van der Waals surface area (Å²) in [7, 11) is 0. The number of oxazole rings is 1. The number of ether oxygens (including phenoxy) is 1. The van der Waals surface area contributed by atoms with E-state index in [2.05, 4.69) is 4.98 Å². The van der Waals surface area contributed by atoms with Crippen molar-refractivity contribution in [2.24, 2.45) is 0 Å².